The maximum atomic E-state index is 6.20. The van der Waals surface area contributed by atoms with Crippen LogP contribution in [0.4, 0.5) is 5.82 Å². The van der Waals surface area contributed by atoms with E-state index in [9.17, 15) is 0 Å². The lowest BCUT2D eigenvalue weighted by molar-refractivity contribution is 0.870. The second-order valence-electron chi connectivity index (χ2n) is 5.38. The van der Waals surface area contributed by atoms with Crippen LogP contribution in [0.5, 0.6) is 0 Å². The molecule has 0 aliphatic heterocycles. The highest BCUT2D eigenvalue weighted by atomic mass is 35.5. The summed E-state index contributed by atoms with van der Waals surface area (Å²) >= 11 is 7.86. The van der Waals surface area contributed by atoms with Crippen LogP contribution in [0.2, 0.25) is 5.02 Å². The van der Waals surface area contributed by atoms with Crippen LogP contribution >= 0.6 is 23.4 Å². The van der Waals surface area contributed by atoms with Gasteiger partial charge in [0.1, 0.15) is 5.82 Å². The number of nitrogens with zero attached hydrogens (tertiary/aromatic N) is 3. The summed E-state index contributed by atoms with van der Waals surface area (Å²) in [5.41, 5.74) is 3.66. The van der Waals surface area contributed by atoms with Gasteiger partial charge in [0.25, 0.3) is 0 Å². The minimum atomic E-state index is 0.797. The number of anilines is 1. The zero-order valence-corrected chi connectivity index (χ0v) is 13.8. The molecule has 21 heavy (non-hydrogen) atoms. The zero-order chi connectivity index (χ0) is 14.8. The van der Waals surface area contributed by atoms with Crippen molar-refractivity contribution in [3.05, 3.63) is 46.1 Å². The lowest BCUT2D eigenvalue weighted by atomic mass is 10.2. The van der Waals surface area contributed by atoms with Gasteiger partial charge in [-0.05, 0) is 30.9 Å². The fourth-order valence-electron chi connectivity index (χ4n) is 2.58. The van der Waals surface area contributed by atoms with Crippen molar-refractivity contribution in [1.82, 2.24) is 9.97 Å². The molecule has 1 aromatic heterocycles. The molecular weight excluding hydrogens is 302 g/mol. The smallest absolute Gasteiger partial charge is 0.190 e. The number of rotatable bonds is 4. The van der Waals surface area contributed by atoms with Gasteiger partial charge < -0.3 is 4.90 Å². The van der Waals surface area contributed by atoms with Gasteiger partial charge in [0.05, 0.1) is 5.69 Å². The summed E-state index contributed by atoms with van der Waals surface area (Å²) in [7, 11) is 4.09. The minimum Gasteiger partial charge on any atom is -0.362 e. The Morgan fingerprint density at radius 2 is 2.00 bits per heavy atom. The molecule has 3 nitrogen and oxygen atoms in total. The highest BCUT2D eigenvalue weighted by molar-refractivity contribution is 7.98. The van der Waals surface area contributed by atoms with Crippen LogP contribution in [-0.2, 0) is 18.6 Å². The maximum Gasteiger partial charge on any atom is 0.190 e. The van der Waals surface area contributed by atoms with E-state index in [1.54, 1.807) is 11.8 Å². The average Bonchev–Trinajstić information content (AvgIpc) is 2.93. The number of aromatic nitrogens is 2. The minimum absolute atomic E-state index is 0.797. The number of hydrogen-bond donors (Lipinski definition) is 0. The number of halogens is 1. The van der Waals surface area contributed by atoms with Gasteiger partial charge in [-0.1, -0.05) is 41.6 Å². The molecule has 0 fully saturated rings. The molecule has 3 rings (SSSR count). The monoisotopic (exact) mass is 319 g/mol. The molecule has 1 aliphatic rings. The zero-order valence-electron chi connectivity index (χ0n) is 12.3. The molecule has 1 heterocycles. The Bertz CT molecular complexity index is 658. The quantitative estimate of drug-likeness (QED) is 0.629. The molecule has 5 heteroatoms. The third-order valence-corrected chi connectivity index (χ3v) is 4.89. The molecule has 0 spiro atoms. The molecule has 1 aromatic carbocycles. The van der Waals surface area contributed by atoms with Crippen molar-refractivity contribution < 1.29 is 0 Å². The Hall–Kier alpha value is -1.26. The van der Waals surface area contributed by atoms with Gasteiger partial charge in [-0.15, -0.1) is 0 Å². The van der Waals surface area contributed by atoms with E-state index in [4.69, 9.17) is 21.6 Å². The number of fused-ring (bicyclic) bond motifs is 1. The predicted molar refractivity (Wildman–Crippen MR) is 89.4 cm³/mol. The van der Waals surface area contributed by atoms with Crippen molar-refractivity contribution in [2.45, 2.75) is 30.2 Å². The molecular formula is C16H18ClN3S. The first-order valence-corrected chi connectivity index (χ1v) is 8.45. The summed E-state index contributed by atoms with van der Waals surface area (Å²) in [4.78, 5) is 11.5. The summed E-state index contributed by atoms with van der Waals surface area (Å²) in [5.74, 6) is 1.87. The summed E-state index contributed by atoms with van der Waals surface area (Å²) in [6, 6.07) is 7.94. The van der Waals surface area contributed by atoms with E-state index < -0.39 is 0 Å². The number of aryl methyl sites for hydroxylation is 1. The molecule has 0 saturated carbocycles. The van der Waals surface area contributed by atoms with Crippen molar-refractivity contribution in [2.24, 2.45) is 0 Å². The van der Waals surface area contributed by atoms with E-state index >= 15 is 0 Å². The van der Waals surface area contributed by atoms with Gasteiger partial charge in [-0.2, -0.15) is 0 Å². The normalized spacial score (nSPS) is 13.3. The standard InChI is InChI=1S/C16H18ClN3S/c1-20(2)15-12-7-5-9-14(12)18-16(19-15)21-10-11-6-3-4-8-13(11)17/h3-4,6,8H,5,7,9-10H2,1-2H3. The van der Waals surface area contributed by atoms with Gasteiger partial charge >= 0.3 is 0 Å². The second kappa shape index (κ2) is 6.24. The van der Waals surface area contributed by atoms with Crippen molar-refractivity contribution in [3.63, 3.8) is 0 Å². The first-order valence-electron chi connectivity index (χ1n) is 7.08. The van der Waals surface area contributed by atoms with Crippen LogP contribution in [-0.4, -0.2) is 24.1 Å². The molecule has 0 amide bonds. The maximum absolute atomic E-state index is 6.20. The summed E-state index contributed by atoms with van der Waals surface area (Å²) < 4.78 is 0. The third kappa shape index (κ3) is 3.16. The lowest BCUT2D eigenvalue weighted by Crippen LogP contribution is -2.14. The fraction of sp³-hybridized carbons (Fsp3) is 0.375. The molecule has 0 saturated heterocycles. The third-order valence-electron chi connectivity index (χ3n) is 3.63. The summed E-state index contributed by atoms with van der Waals surface area (Å²) in [5, 5.41) is 1.65. The molecule has 0 atom stereocenters. The molecule has 2 aromatic rings. The van der Waals surface area contributed by atoms with Crippen LogP contribution < -0.4 is 4.90 Å². The number of hydrogen-bond acceptors (Lipinski definition) is 4. The van der Waals surface area contributed by atoms with Crippen LogP contribution in [0.15, 0.2) is 29.4 Å². The second-order valence-corrected chi connectivity index (χ2v) is 6.73. The van der Waals surface area contributed by atoms with E-state index in [1.165, 1.54) is 17.7 Å². The average molecular weight is 320 g/mol. The SMILES string of the molecule is CN(C)c1nc(SCc2ccccc2Cl)nc2c1CCC2. The van der Waals surface area contributed by atoms with Crippen LogP contribution in [0.25, 0.3) is 0 Å². The van der Waals surface area contributed by atoms with Crippen LogP contribution in [0, 0.1) is 0 Å². The highest BCUT2D eigenvalue weighted by Gasteiger charge is 2.20. The van der Waals surface area contributed by atoms with Crippen LogP contribution in [0.3, 0.4) is 0 Å². The topological polar surface area (TPSA) is 29.0 Å². The Labute approximate surface area is 134 Å². The molecule has 0 radical (unpaired) electrons. The molecule has 110 valence electrons. The van der Waals surface area contributed by atoms with E-state index in [0.29, 0.717) is 0 Å². The number of thioether (sulfide) groups is 1. The Morgan fingerprint density at radius 3 is 2.76 bits per heavy atom. The van der Waals surface area contributed by atoms with Gasteiger partial charge in [0, 0.05) is 30.4 Å². The predicted octanol–water partition coefficient (Wildman–Crippen LogP) is 3.98. The van der Waals surface area contributed by atoms with Gasteiger partial charge in [-0.3, -0.25) is 0 Å². The summed E-state index contributed by atoms with van der Waals surface area (Å²) in [6.45, 7) is 0. The largest absolute Gasteiger partial charge is 0.362 e. The first kappa shape index (κ1) is 14.7. The number of benzene rings is 1. The van der Waals surface area contributed by atoms with Gasteiger partial charge in [0.15, 0.2) is 5.16 Å². The van der Waals surface area contributed by atoms with Crippen molar-refractivity contribution in [2.75, 3.05) is 19.0 Å². The highest BCUT2D eigenvalue weighted by Crippen LogP contribution is 2.31. The molecule has 1 aliphatic carbocycles. The molecule has 0 unspecified atom stereocenters. The fourth-order valence-corrected chi connectivity index (χ4v) is 3.73. The van der Waals surface area contributed by atoms with Crippen molar-refractivity contribution >= 4 is 29.2 Å². The van der Waals surface area contributed by atoms with E-state index in [2.05, 4.69) is 11.0 Å². The molecule has 0 N–H and O–H groups in total. The van der Waals surface area contributed by atoms with Crippen LogP contribution in [0.1, 0.15) is 23.2 Å². The summed E-state index contributed by atoms with van der Waals surface area (Å²) in [6.07, 6.45) is 3.35. The molecule has 0 bridgehead atoms. The van der Waals surface area contributed by atoms with Gasteiger partial charge in [-0.25, -0.2) is 9.97 Å². The van der Waals surface area contributed by atoms with E-state index in [0.717, 1.165) is 40.2 Å². The van der Waals surface area contributed by atoms with Gasteiger partial charge in [0.2, 0.25) is 0 Å². The van der Waals surface area contributed by atoms with Crippen molar-refractivity contribution in [3.8, 4) is 0 Å². The lowest BCUT2D eigenvalue weighted by Gasteiger charge is -2.16. The van der Waals surface area contributed by atoms with E-state index in [1.807, 2.05) is 32.3 Å². The van der Waals surface area contributed by atoms with E-state index in [-0.39, 0.29) is 0 Å². The first-order chi connectivity index (χ1) is 10.1. The Kier molecular flexibility index (Phi) is 4.36. The Balaban J connectivity index is 1.83. The Morgan fingerprint density at radius 1 is 1.19 bits per heavy atom. The van der Waals surface area contributed by atoms with Crippen molar-refractivity contribution in [1.29, 1.82) is 0 Å².